The van der Waals surface area contributed by atoms with E-state index in [0.717, 1.165) is 5.56 Å². The Kier molecular flexibility index (Phi) is 5.83. The highest BCUT2D eigenvalue weighted by Gasteiger charge is 2.20. The van der Waals surface area contributed by atoms with E-state index >= 15 is 0 Å². The van der Waals surface area contributed by atoms with Crippen LogP contribution in [-0.4, -0.2) is 20.6 Å². The summed E-state index contributed by atoms with van der Waals surface area (Å²) < 4.78 is 7.36. The minimum atomic E-state index is -1.17. The molecule has 1 aromatic heterocycles. The monoisotopic (exact) mass is 446 g/mol. The molecule has 0 fully saturated rings. The number of aromatic nitrogens is 1. The van der Waals surface area contributed by atoms with Gasteiger partial charge in [-0.25, -0.2) is 4.79 Å². The molecule has 0 saturated heterocycles. The van der Waals surface area contributed by atoms with Crippen molar-refractivity contribution < 1.29 is 19.6 Å². The second-order valence-electron chi connectivity index (χ2n) is 8.24. The second kappa shape index (κ2) is 8.74. The molecule has 0 aliphatic rings. The highest BCUT2D eigenvalue weighted by Crippen LogP contribution is 2.32. The Morgan fingerprint density at radius 3 is 2.42 bits per heavy atom. The molecule has 4 aromatic rings. The highest BCUT2D eigenvalue weighted by atomic mass is 16.6. The van der Waals surface area contributed by atoms with E-state index in [1.165, 1.54) is 28.8 Å². The number of nitro groups is 1. The first-order valence-electron chi connectivity index (χ1n) is 10.4. The molecule has 0 unspecified atom stereocenters. The summed E-state index contributed by atoms with van der Waals surface area (Å²) in [6.45, 7) is 4.37. The fourth-order valence-corrected chi connectivity index (χ4v) is 3.89. The normalized spacial score (nSPS) is 11.2. The maximum Gasteiger partial charge on any atom is 0.339 e. The molecule has 0 aliphatic heterocycles. The summed E-state index contributed by atoms with van der Waals surface area (Å²) in [5, 5.41) is 22.4. The van der Waals surface area contributed by atoms with Gasteiger partial charge in [-0.1, -0.05) is 44.2 Å². The summed E-state index contributed by atoms with van der Waals surface area (Å²) >= 11 is 0. The fraction of sp³-hybridized carbons (Fsp3) is 0.200. The van der Waals surface area contributed by atoms with Gasteiger partial charge in [0.1, 0.15) is 17.9 Å². The van der Waals surface area contributed by atoms with Crippen molar-refractivity contribution in [3.8, 4) is 5.75 Å². The highest BCUT2D eigenvalue weighted by molar-refractivity contribution is 6.09. The summed E-state index contributed by atoms with van der Waals surface area (Å²) in [6.07, 6.45) is 0. The van der Waals surface area contributed by atoms with Gasteiger partial charge in [0.25, 0.3) is 11.2 Å². The van der Waals surface area contributed by atoms with E-state index in [2.05, 4.69) is 0 Å². The number of carbonyl (C=O) groups is 1. The average Bonchev–Trinajstić information content (AvgIpc) is 2.79. The number of nitrogens with zero attached hydrogens (tertiary/aromatic N) is 2. The predicted octanol–water partition coefficient (Wildman–Crippen LogP) is 5.00. The molecular weight excluding hydrogens is 424 g/mol. The van der Waals surface area contributed by atoms with E-state index in [4.69, 9.17) is 4.74 Å². The first kappa shape index (κ1) is 22.0. The summed E-state index contributed by atoms with van der Waals surface area (Å²) in [5.41, 5.74) is 0.678. The number of non-ortho nitro benzene ring substituents is 1. The number of hydrogen-bond acceptors (Lipinski definition) is 5. The van der Waals surface area contributed by atoms with Gasteiger partial charge in [0.15, 0.2) is 0 Å². The zero-order chi connectivity index (χ0) is 23.7. The Labute approximate surface area is 188 Å². The molecule has 0 radical (unpaired) electrons. The lowest BCUT2D eigenvalue weighted by molar-refractivity contribution is -0.384. The molecule has 0 amide bonds. The van der Waals surface area contributed by atoms with Crippen molar-refractivity contribution in [3.05, 3.63) is 92.3 Å². The summed E-state index contributed by atoms with van der Waals surface area (Å²) in [4.78, 5) is 36.1. The molecule has 33 heavy (non-hydrogen) atoms. The van der Waals surface area contributed by atoms with Crippen molar-refractivity contribution in [1.29, 1.82) is 0 Å². The zero-order valence-corrected chi connectivity index (χ0v) is 18.1. The van der Waals surface area contributed by atoms with E-state index in [1.54, 1.807) is 6.07 Å². The van der Waals surface area contributed by atoms with Crippen molar-refractivity contribution in [3.63, 3.8) is 0 Å². The van der Waals surface area contributed by atoms with Gasteiger partial charge >= 0.3 is 5.97 Å². The number of carboxylic acid groups (broad SMARTS) is 1. The van der Waals surface area contributed by atoms with Crippen LogP contribution in [0.15, 0.2) is 65.5 Å². The molecular formula is C25H22N2O6. The van der Waals surface area contributed by atoms with Crippen LogP contribution in [0.2, 0.25) is 0 Å². The Morgan fingerprint density at radius 1 is 1.06 bits per heavy atom. The third-order valence-corrected chi connectivity index (χ3v) is 5.38. The largest absolute Gasteiger partial charge is 0.488 e. The minimum absolute atomic E-state index is 0.0587. The van der Waals surface area contributed by atoms with E-state index < -0.39 is 16.5 Å². The van der Waals surface area contributed by atoms with Crippen LogP contribution in [-0.2, 0) is 13.2 Å². The zero-order valence-electron chi connectivity index (χ0n) is 18.1. The lowest BCUT2D eigenvalue weighted by Gasteiger charge is -2.17. The van der Waals surface area contributed by atoms with Crippen LogP contribution in [0.5, 0.6) is 5.75 Å². The van der Waals surface area contributed by atoms with Gasteiger partial charge in [0, 0.05) is 24.1 Å². The molecule has 0 spiro atoms. The number of aromatic carboxylic acids is 1. The Bertz CT molecular complexity index is 1440. The SMILES string of the molecule is CC(C)Cn1c(=O)c2cc([N+](=O)[O-])ccc2c2cc(OCc3ccccc3)c(C(=O)O)cc21. The maximum atomic E-state index is 13.3. The first-order chi connectivity index (χ1) is 15.8. The maximum absolute atomic E-state index is 13.3. The molecule has 1 N–H and O–H groups in total. The van der Waals surface area contributed by atoms with Crippen molar-refractivity contribution in [1.82, 2.24) is 4.57 Å². The number of hydrogen-bond donors (Lipinski definition) is 1. The van der Waals surface area contributed by atoms with E-state index in [1.807, 2.05) is 44.2 Å². The van der Waals surface area contributed by atoms with Crippen molar-refractivity contribution in [2.75, 3.05) is 0 Å². The minimum Gasteiger partial charge on any atom is -0.488 e. The fourth-order valence-electron chi connectivity index (χ4n) is 3.89. The third-order valence-electron chi connectivity index (χ3n) is 5.38. The molecule has 0 atom stereocenters. The molecule has 0 bridgehead atoms. The quantitative estimate of drug-likeness (QED) is 0.243. The average molecular weight is 446 g/mol. The summed E-state index contributed by atoms with van der Waals surface area (Å²) in [6, 6.07) is 16.5. The first-order valence-corrected chi connectivity index (χ1v) is 10.4. The van der Waals surface area contributed by atoms with Crippen LogP contribution < -0.4 is 10.3 Å². The van der Waals surface area contributed by atoms with Crippen LogP contribution in [0.3, 0.4) is 0 Å². The van der Waals surface area contributed by atoms with Crippen LogP contribution in [0.25, 0.3) is 21.7 Å². The second-order valence-corrected chi connectivity index (χ2v) is 8.24. The van der Waals surface area contributed by atoms with Gasteiger partial charge in [0.05, 0.1) is 15.8 Å². The summed E-state index contributed by atoms with van der Waals surface area (Å²) in [5.74, 6) is -0.926. The lowest BCUT2D eigenvalue weighted by Crippen LogP contribution is -2.23. The number of benzene rings is 3. The van der Waals surface area contributed by atoms with Gasteiger partial charge in [-0.05, 0) is 35.1 Å². The van der Waals surface area contributed by atoms with E-state index in [9.17, 15) is 24.8 Å². The number of rotatable bonds is 7. The van der Waals surface area contributed by atoms with Gasteiger partial charge in [-0.15, -0.1) is 0 Å². The standard InChI is InChI=1S/C25H22N2O6/c1-15(2)13-26-22-11-21(25(29)30)23(33-14-16-6-4-3-5-7-16)12-19(22)18-9-8-17(27(31)32)10-20(18)24(26)28/h3-12,15H,13-14H2,1-2H3,(H,29,30). The molecule has 0 saturated carbocycles. The Balaban J connectivity index is 2.00. The van der Waals surface area contributed by atoms with Crippen molar-refractivity contribution in [2.45, 2.75) is 27.0 Å². The van der Waals surface area contributed by atoms with E-state index in [-0.39, 0.29) is 34.9 Å². The number of carboxylic acids is 1. The molecule has 8 heteroatoms. The Hall–Kier alpha value is -4.20. The van der Waals surface area contributed by atoms with Gasteiger partial charge in [0.2, 0.25) is 0 Å². The van der Waals surface area contributed by atoms with Gasteiger partial charge < -0.3 is 14.4 Å². The number of fused-ring (bicyclic) bond motifs is 3. The van der Waals surface area contributed by atoms with Crippen molar-refractivity contribution >= 4 is 33.3 Å². The molecule has 0 aliphatic carbocycles. The molecule has 3 aromatic carbocycles. The van der Waals surface area contributed by atoms with Crippen LogP contribution in [0, 0.1) is 16.0 Å². The van der Waals surface area contributed by atoms with E-state index in [0.29, 0.717) is 22.8 Å². The van der Waals surface area contributed by atoms with Crippen LogP contribution >= 0.6 is 0 Å². The number of pyridine rings is 1. The number of nitro benzene ring substituents is 1. The molecule has 1 heterocycles. The van der Waals surface area contributed by atoms with Crippen LogP contribution in [0.4, 0.5) is 5.69 Å². The lowest BCUT2D eigenvalue weighted by atomic mass is 10.0. The smallest absolute Gasteiger partial charge is 0.339 e. The van der Waals surface area contributed by atoms with Gasteiger partial charge in [-0.2, -0.15) is 0 Å². The Morgan fingerprint density at radius 2 is 1.79 bits per heavy atom. The van der Waals surface area contributed by atoms with Gasteiger partial charge in [-0.3, -0.25) is 14.9 Å². The predicted molar refractivity (Wildman–Crippen MR) is 125 cm³/mol. The molecule has 4 rings (SSSR count). The van der Waals surface area contributed by atoms with Crippen molar-refractivity contribution in [2.24, 2.45) is 5.92 Å². The number of ether oxygens (including phenoxy) is 1. The molecule has 168 valence electrons. The topological polar surface area (TPSA) is 112 Å². The summed E-state index contributed by atoms with van der Waals surface area (Å²) in [7, 11) is 0. The molecule has 8 nitrogen and oxygen atoms in total. The third kappa shape index (κ3) is 4.27. The van der Waals surface area contributed by atoms with Crippen LogP contribution in [0.1, 0.15) is 29.8 Å².